The van der Waals surface area contributed by atoms with Gasteiger partial charge in [-0.05, 0) is 23.3 Å². The van der Waals surface area contributed by atoms with Crippen LogP contribution >= 0.6 is 23.4 Å². The van der Waals surface area contributed by atoms with E-state index in [-0.39, 0.29) is 47.9 Å². The summed E-state index contributed by atoms with van der Waals surface area (Å²) in [5, 5.41) is -0.104. The van der Waals surface area contributed by atoms with Gasteiger partial charge in [0.1, 0.15) is 23.4 Å². The molecule has 1 fully saturated rings. The van der Waals surface area contributed by atoms with Crippen LogP contribution in [0.2, 0.25) is 0 Å². The summed E-state index contributed by atoms with van der Waals surface area (Å²) >= 11 is 7.52. The number of hydrogen-bond acceptors (Lipinski definition) is 5. The molecule has 2 atom stereocenters. The minimum atomic E-state index is -0.521. The molecule has 3 rings (SSSR count). The lowest BCUT2D eigenvalue weighted by atomic mass is 10.0. The minimum absolute atomic E-state index is 0. The summed E-state index contributed by atoms with van der Waals surface area (Å²) in [6.45, 7) is 0.121. The lowest BCUT2D eigenvalue weighted by molar-refractivity contribution is -0.423. The summed E-state index contributed by atoms with van der Waals surface area (Å²) in [6.07, 6.45) is 0. The molecule has 0 aliphatic carbocycles. The van der Waals surface area contributed by atoms with Crippen LogP contribution in [0.1, 0.15) is 5.56 Å². The fourth-order valence-electron chi connectivity index (χ4n) is 2.66. The maximum absolute atomic E-state index is 12.5. The van der Waals surface area contributed by atoms with Gasteiger partial charge in [-0.1, -0.05) is 12.1 Å². The standard InChI is InChI=1S/C16H17ClN2O4S.ClH/c1-22-11-4-2-9(3-5-11)7-23-16(21)13-10(6-17)8-24-15-12(18)14(20)19(13)15;/h2-5,12,15H,6-8,18H2,1H3;1H/t12-,15-;/m1./s1. The number of alkyl halides is 1. The molecule has 1 aromatic rings. The van der Waals surface area contributed by atoms with Crippen LogP contribution in [0, 0.1) is 0 Å². The Bertz CT molecular complexity index is 696. The van der Waals surface area contributed by atoms with E-state index < -0.39 is 5.97 Å². The van der Waals surface area contributed by atoms with Crippen LogP contribution in [0.4, 0.5) is 0 Å². The Balaban J connectivity index is 0.00000225. The van der Waals surface area contributed by atoms with Crippen LogP contribution < -0.4 is 22.9 Å². The van der Waals surface area contributed by atoms with Gasteiger partial charge in [0.2, 0.25) is 0 Å². The monoisotopic (exact) mass is 404 g/mol. The van der Waals surface area contributed by atoms with Gasteiger partial charge in [-0.15, -0.1) is 23.4 Å². The van der Waals surface area contributed by atoms with Crippen molar-refractivity contribution in [1.82, 2.24) is 4.90 Å². The molecule has 9 heteroatoms. The van der Waals surface area contributed by atoms with E-state index in [0.29, 0.717) is 5.75 Å². The number of halogens is 2. The molecule has 0 radical (unpaired) electrons. The Morgan fingerprint density at radius 3 is 2.68 bits per heavy atom. The molecule has 25 heavy (non-hydrogen) atoms. The van der Waals surface area contributed by atoms with Crippen molar-refractivity contribution in [1.29, 1.82) is 0 Å². The summed E-state index contributed by atoms with van der Waals surface area (Å²) in [5.74, 6) is 0.852. The van der Waals surface area contributed by atoms with E-state index in [2.05, 4.69) is 5.73 Å². The van der Waals surface area contributed by atoms with Gasteiger partial charge >= 0.3 is 5.97 Å². The number of amides is 1. The zero-order valence-corrected chi connectivity index (χ0v) is 15.9. The first-order valence-corrected chi connectivity index (χ1v) is 9.01. The first-order chi connectivity index (χ1) is 11.6. The normalized spacial score (nSPS) is 21.9. The molecule has 6 nitrogen and oxygen atoms in total. The van der Waals surface area contributed by atoms with Crippen LogP contribution in [-0.4, -0.2) is 46.9 Å². The number of fused-ring (bicyclic) bond motifs is 1. The second-order valence-corrected chi connectivity index (χ2v) is 6.90. The molecule has 2 aliphatic rings. The molecule has 1 saturated heterocycles. The molecule has 136 valence electrons. The quantitative estimate of drug-likeness (QED) is 0.340. The summed E-state index contributed by atoms with van der Waals surface area (Å²) in [7, 11) is 1.59. The first-order valence-electron chi connectivity index (χ1n) is 7.42. The van der Waals surface area contributed by atoms with Gasteiger partial charge in [-0.3, -0.25) is 9.69 Å². The molecule has 2 heterocycles. The smallest absolute Gasteiger partial charge is 0.355 e. The number of hydrogen-bond donors (Lipinski definition) is 1. The second kappa shape index (κ2) is 8.31. The van der Waals surface area contributed by atoms with Crippen molar-refractivity contribution in [3.63, 3.8) is 0 Å². The van der Waals surface area contributed by atoms with E-state index in [1.165, 1.54) is 4.90 Å². The van der Waals surface area contributed by atoms with E-state index in [9.17, 15) is 9.59 Å². The summed E-state index contributed by atoms with van der Waals surface area (Å²) in [6, 6.07) is 6.92. The van der Waals surface area contributed by atoms with Crippen LogP contribution in [0.25, 0.3) is 0 Å². The van der Waals surface area contributed by atoms with Crippen LogP contribution in [-0.2, 0) is 20.9 Å². The number of ether oxygens (including phenoxy) is 2. The van der Waals surface area contributed by atoms with Gasteiger partial charge in [0.05, 0.1) is 7.11 Å². The summed E-state index contributed by atoms with van der Waals surface area (Å²) < 4.78 is 10.5. The Morgan fingerprint density at radius 2 is 2.08 bits per heavy atom. The Morgan fingerprint density at radius 1 is 1.40 bits per heavy atom. The van der Waals surface area contributed by atoms with Crippen molar-refractivity contribution in [2.24, 2.45) is 0 Å². The molecule has 0 aromatic heterocycles. The van der Waals surface area contributed by atoms with E-state index in [0.717, 1.165) is 16.9 Å². The topological polar surface area (TPSA) is 83.5 Å². The number of quaternary nitrogens is 1. The predicted molar refractivity (Wildman–Crippen MR) is 90.3 cm³/mol. The van der Waals surface area contributed by atoms with Gasteiger partial charge in [0, 0.05) is 11.6 Å². The molecule has 3 N–H and O–H groups in total. The van der Waals surface area contributed by atoms with E-state index in [4.69, 9.17) is 21.1 Å². The van der Waals surface area contributed by atoms with Crippen molar-refractivity contribution in [2.45, 2.75) is 18.0 Å². The van der Waals surface area contributed by atoms with Crippen LogP contribution in [0.5, 0.6) is 5.75 Å². The van der Waals surface area contributed by atoms with E-state index in [1.807, 2.05) is 12.1 Å². The fraction of sp³-hybridized carbons (Fsp3) is 0.375. The maximum atomic E-state index is 12.5. The number of β-lactam (4-membered cyclic amide) rings is 1. The molecule has 1 amide bonds. The SMILES string of the molecule is COc1ccc(COC(=O)C2=C(CCl)CS[C@@H]3[C@H]([NH3+])C(=O)N23)cc1.[Cl-]. The molecule has 0 bridgehead atoms. The molecular weight excluding hydrogens is 387 g/mol. The first kappa shape index (κ1) is 19.9. The predicted octanol–water partition coefficient (Wildman–Crippen LogP) is -2.24. The van der Waals surface area contributed by atoms with E-state index >= 15 is 0 Å². The molecule has 2 aliphatic heterocycles. The van der Waals surface area contributed by atoms with Crippen molar-refractivity contribution in [2.75, 3.05) is 18.7 Å². The van der Waals surface area contributed by atoms with Gasteiger partial charge < -0.3 is 27.6 Å². The van der Waals surface area contributed by atoms with Crippen molar-refractivity contribution >= 4 is 35.2 Å². The van der Waals surface area contributed by atoms with Crippen LogP contribution in [0.15, 0.2) is 35.5 Å². The lowest BCUT2D eigenvalue weighted by Crippen LogP contribution is -3.00. The van der Waals surface area contributed by atoms with E-state index in [1.54, 1.807) is 31.0 Å². The third-order valence-electron chi connectivity index (χ3n) is 4.04. The highest BCUT2D eigenvalue weighted by Gasteiger charge is 2.54. The highest BCUT2D eigenvalue weighted by Crippen LogP contribution is 2.39. The van der Waals surface area contributed by atoms with Crippen molar-refractivity contribution in [3.8, 4) is 5.75 Å². The zero-order valence-electron chi connectivity index (χ0n) is 13.5. The minimum Gasteiger partial charge on any atom is -1.00 e. The Hall–Kier alpha value is -1.41. The number of carbonyl (C=O) groups excluding carboxylic acids is 2. The molecular formula is C16H18Cl2N2O4S. The van der Waals surface area contributed by atoms with Gasteiger partial charge in [-0.2, -0.15) is 0 Å². The Labute approximate surface area is 161 Å². The number of methoxy groups -OCH3 is 1. The number of esters is 1. The maximum Gasteiger partial charge on any atom is 0.355 e. The van der Waals surface area contributed by atoms with Gasteiger partial charge in [0.25, 0.3) is 5.91 Å². The van der Waals surface area contributed by atoms with Crippen molar-refractivity contribution < 1.29 is 37.2 Å². The summed E-state index contributed by atoms with van der Waals surface area (Å²) in [4.78, 5) is 26.1. The molecule has 1 aromatic carbocycles. The largest absolute Gasteiger partial charge is 1.00 e. The molecule has 0 saturated carbocycles. The Kier molecular flexibility index (Phi) is 6.62. The molecule has 0 unspecified atom stereocenters. The fourth-order valence-corrected chi connectivity index (χ4v) is 4.31. The zero-order chi connectivity index (χ0) is 17.3. The van der Waals surface area contributed by atoms with Crippen molar-refractivity contribution in [3.05, 3.63) is 41.1 Å². The van der Waals surface area contributed by atoms with Crippen LogP contribution in [0.3, 0.4) is 0 Å². The number of nitrogens with zero attached hydrogens (tertiary/aromatic N) is 1. The number of carbonyl (C=O) groups is 2. The third-order valence-corrected chi connectivity index (χ3v) is 5.76. The third kappa shape index (κ3) is 3.74. The highest BCUT2D eigenvalue weighted by molar-refractivity contribution is 8.00. The average molecular weight is 405 g/mol. The number of rotatable bonds is 5. The second-order valence-electron chi connectivity index (χ2n) is 5.53. The summed E-state index contributed by atoms with van der Waals surface area (Å²) in [5.41, 5.74) is 5.67. The van der Waals surface area contributed by atoms with Gasteiger partial charge in [-0.25, -0.2) is 4.79 Å². The lowest BCUT2D eigenvalue weighted by Gasteiger charge is -2.45. The number of thioether (sulfide) groups is 1. The average Bonchev–Trinajstić information content (AvgIpc) is 2.64. The highest BCUT2D eigenvalue weighted by atomic mass is 35.5. The number of benzene rings is 1. The van der Waals surface area contributed by atoms with Gasteiger partial charge in [0.15, 0.2) is 6.04 Å². The molecule has 0 spiro atoms.